The molecular formula is C20H23N3O2S. The highest BCUT2D eigenvalue weighted by Gasteiger charge is 2.21. The summed E-state index contributed by atoms with van der Waals surface area (Å²) in [6.07, 6.45) is 2.24. The summed E-state index contributed by atoms with van der Waals surface area (Å²) in [7, 11) is -3.71. The summed E-state index contributed by atoms with van der Waals surface area (Å²) < 4.78 is 30.1. The largest absolute Gasteiger partial charge is 0.279 e. The van der Waals surface area contributed by atoms with Crippen LogP contribution in [0.3, 0.4) is 0 Å². The zero-order valence-corrected chi connectivity index (χ0v) is 16.0. The van der Waals surface area contributed by atoms with Gasteiger partial charge in [-0.15, -0.1) is 0 Å². The molecule has 5 nitrogen and oxygen atoms in total. The monoisotopic (exact) mass is 369 g/mol. The minimum atomic E-state index is -3.71. The molecule has 0 unspecified atom stereocenters. The van der Waals surface area contributed by atoms with Gasteiger partial charge in [0.05, 0.1) is 11.9 Å². The quantitative estimate of drug-likeness (QED) is 0.718. The third kappa shape index (κ3) is 3.96. The third-order valence-corrected chi connectivity index (χ3v) is 5.69. The molecule has 26 heavy (non-hydrogen) atoms. The Morgan fingerprint density at radius 3 is 2.31 bits per heavy atom. The number of hydrogen-bond acceptors (Lipinski definition) is 3. The lowest BCUT2D eigenvalue weighted by Crippen LogP contribution is -2.20. The Labute approximate surface area is 154 Å². The van der Waals surface area contributed by atoms with Gasteiger partial charge in [-0.2, -0.15) is 13.5 Å². The average Bonchev–Trinajstić information content (AvgIpc) is 3.07. The van der Waals surface area contributed by atoms with E-state index < -0.39 is 10.0 Å². The van der Waals surface area contributed by atoms with E-state index in [4.69, 9.17) is 0 Å². The van der Waals surface area contributed by atoms with E-state index in [0.29, 0.717) is 18.7 Å². The Morgan fingerprint density at radius 1 is 1.00 bits per heavy atom. The average molecular weight is 369 g/mol. The molecule has 3 aromatic rings. The number of nitrogens with one attached hydrogen (secondary N) is 1. The van der Waals surface area contributed by atoms with Crippen molar-refractivity contribution in [2.24, 2.45) is 0 Å². The Morgan fingerprint density at radius 2 is 1.65 bits per heavy atom. The lowest BCUT2D eigenvalue weighted by atomic mass is 10.1. The van der Waals surface area contributed by atoms with E-state index in [-0.39, 0.29) is 5.03 Å². The Hall–Kier alpha value is -2.60. The molecule has 0 spiro atoms. The minimum Gasteiger partial charge on any atom is -0.278 e. The first-order valence-electron chi connectivity index (χ1n) is 8.53. The number of hydrogen-bond donors (Lipinski definition) is 1. The van der Waals surface area contributed by atoms with Crippen LogP contribution in [0.15, 0.2) is 59.8 Å². The second kappa shape index (κ2) is 7.33. The zero-order chi connectivity index (χ0) is 18.7. The molecule has 1 N–H and O–H groups in total. The number of sulfonamides is 1. The Kier molecular flexibility index (Phi) is 5.13. The first-order valence-corrected chi connectivity index (χ1v) is 10.0. The van der Waals surface area contributed by atoms with Gasteiger partial charge in [-0.3, -0.25) is 9.40 Å². The van der Waals surface area contributed by atoms with E-state index in [1.165, 1.54) is 16.9 Å². The predicted octanol–water partition coefficient (Wildman–Crippen LogP) is 3.85. The SMILES string of the molecule is Cc1cc(C)c(NS(=O)(=O)c2ccnn2CCc2ccccc2)c(C)c1. The van der Waals surface area contributed by atoms with Gasteiger partial charge in [0.15, 0.2) is 5.03 Å². The zero-order valence-electron chi connectivity index (χ0n) is 15.2. The lowest BCUT2D eigenvalue weighted by Gasteiger charge is -2.15. The predicted molar refractivity (Wildman–Crippen MR) is 104 cm³/mol. The van der Waals surface area contributed by atoms with Gasteiger partial charge < -0.3 is 0 Å². The van der Waals surface area contributed by atoms with E-state index in [1.54, 1.807) is 0 Å². The topological polar surface area (TPSA) is 64.0 Å². The summed E-state index contributed by atoms with van der Waals surface area (Å²) in [6, 6.07) is 15.4. The molecule has 0 radical (unpaired) electrons. The van der Waals surface area contributed by atoms with Gasteiger partial charge >= 0.3 is 0 Å². The van der Waals surface area contributed by atoms with Crippen LogP contribution in [-0.2, 0) is 23.0 Å². The molecule has 1 heterocycles. The highest BCUT2D eigenvalue weighted by molar-refractivity contribution is 7.92. The van der Waals surface area contributed by atoms with Gasteiger partial charge in [0.2, 0.25) is 0 Å². The van der Waals surface area contributed by atoms with Crippen molar-refractivity contribution in [3.63, 3.8) is 0 Å². The molecule has 0 amide bonds. The van der Waals surface area contributed by atoms with Crippen molar-refractivity contribution in [1.29, 1.82) is 0 Å². The normalized spacial score (nSPS) is 11.5. The molecule has 3 rings (SSSR count). The highest BCUT2D eigenvalue weighted by atomic mass is 32.2. The first kappa shape index (κ1) is 18.2. The summed E-state index contributed by atoms with van der Waals surface area (Å²) in [5.41, 5.74) is 4.69. The van der Waals surface area contributed by atoms with E-state index in [0.717, 1.165) is 22.3 Å². The van der Waals surface area contributed by atoms with E-state index in [9.17, 15) is 8.42 Å². The van der Waals surface area contributed by atoms with Crippen LogP contribution in [0.2, 0.25) is 0 Å². The molecule has 136 valence electrons. The van der Waals surface area contributed by atoms with Crippen LogP contribution in [0.5, 0.6) is 0 Å². The number of aromatic nitrogens is 2. The lowest BCUT2D eigenvalue weighted by molar-refractivity contribution is 0.539. The molecule has 0 bridgehead atoms. The number of anilines is 1. The maximum absolute atomic E-state index is 12.9. The molecule has 0 fully saturated rings. The van der Waals surface area contributed by atoms with E-state index in [1.807, 2.05) is 63.2 Å². The van der Waals surface area contributed by atoms with Crippen molar-refractivity contribution in [3.8, 4) is 0 Å². The summed E-state index contributed by atoms with van der Waals surface area (Å²) in [4.78, 5) is 0. The van der Waals surface area contributed by atoms with Crippen LogP contribution in [0.4, 0.5) is 5.69 Å². The minimum absolute atomic E-state index is 0.174. The standard InChI is InChI=1S/C20H23N3O2S/c1-15-13-16(2)20(17(3)14-15)22-26(24,25)19-9-11-21-23(19)12-10-18-7-5-4-6-8-18/h4-9,11,13-14,22H,10,12H2,1-3H3. The van der Waals surface area contributed by atoms with Crippen LogP contribution in [-0.4, -0.2) is 18.2 Å². The van der Waals surface area contributed by atoms with Crippen molar-refractivity contribution < 1.29 is 8.42 Å². The maximum Gasteiger partial charge on any atom is 0.279 e. The van der Waals surface area contributed by atoms with Crippen molar-refractivity contribution in [2.45, 2.75) is 38.8 Å². The van der Waals surface area contributed by atoms with Crippen molar-refractivity contribution in [3.05, 3.63) is 77.0 Å². The second-order valence-corrected chi connectivity index (χ2v) is 8.14. The number of rotatable bonds is 6. The molecular weight excluding hydrogens is 346 g/mol. The molecule has 0 saturated carbocycles. The molecule has 2 aromatic carbocycles. The van der Waals surface area contributed by atoms with Gasteiger partial charge in [0, 0.05) is 6.54 Å². The van der Waals surface area contributed by atoms with Gasteiger partial charge in [-0.1, -0.05) is 48.0 Å². The Bertz CT molecular complexity index is 986. The molecule has 1 aromatic heterocycles. The van der Waals surface area contributed by atoms with Crippen LogP contribution in [0.1, 0.15) is 22.3 Å². The fourth-order valence-electron chi connectivity index (χ4n) is 3.12. The van der Waals surface area contributed by atoms with Gasteiger partial charge in [0.25, 0.3) is 10.0 Å². The second-order valence-electron chi connectivity index (χ2n) is 6.51. The number of aryl methyl sites for hydroxylation is 5. The molecule has 0 aliphatic rings. The van der Waals surface area contributed by atoms with E-state index in [2.05, 4.69) is 9.82 Å². The first-order chi connectivity index (χ1) is 12.4. The van der Waals surface area contributed by atoms with Gasteiger partial charge in [-0.25, -0.2) is 0 Å². The smallest absolute Gasteiger partial charge is 0.278 e. The van der Waals surface area contributed by atoms with Crippen LogP contribution < -0.4 is 4.72 Å². The van der Waals surface area contributed by atoms with Crippen LogP contribution >= 0.6 is 0 Å². The van der Waals surface area contributed by atoms with Gasteiger partial charge in [-0.05, 0) is 49.9 Å². The molecule has 6 heteroatoms. The number of benzene rings is 2. The van der Waals surface area contributed by atoms with Crippen LogP contribution in [0.25, 0.3) is 0 Å². The summed E-state index contributed by atoms with van der Waals surface area (Å²) in [5.74, 6) is 0. The van der Waals surface area contributed by atoms with Crippen LogP contribution in [0, 0.1) is 20.8 Å². The molecule has 0 aliphatic heterocycles. The Balaban J connectivity index is 1.84. The third-order valence-electron chi connectivity index (χ3n) is 4.32. The fourth-order valence-corrected chi connectivity index (χ4v) is 4.48. The maximum atomic E-state index is 12.9. The molecule has 0 saturated heterocycles. The van der Waals surface area contributed by atoms with E-state index >= 15 is 0 Å². The van der Waals surface area contributed by atoms with Crippen molar-refractivity contribution in [2.75, 3.05) is 4.72 Å². The fraction of sp³-hybridized carbons (Fsp3) is 0.250. The summed E-state index contributed by atoms with van der Waals surface area (Å²) in [6.45, 7) is 6.31. The number of nitrogens with zero attached hydrogens (tertiary/aromatic N) is 2. The molecule has 0 aliphatic carbocycles. The highest BCUT2D eigenvalue weighted by Crippen LogP contribution is 2.25. The summed E-state index contributed by atoms with van der Waals surface area (Å²) in [5, 5.41) is 4.37. The van der Waals surface area contributed by atoms with Crippen molar-refractivity contribution in [1.82, 2.24) is 9.78 Å². The molecule has 0 atom stereocenters. The summed E-state index contributed by atoms with van der Waals surface area (Å²) >= 11 is 0. The van der Waals surface area contributed by atoms with Gasteiger partial charge in [0.1, 0.15) is 0 Å². The van der Waals surface area contributed by atoms with Crippen molar-refractivity contribution >= 4 is 15.7 Å².